The summed E-state index contributed by atoms with van der Waals surface area (Å²) in [5.41, 5.74) is 1.85. The summed E-state index contributed by atoms with van der Waals surface area (Å²) in [5, 5.41) is 0.482. The number of anilines is 1. The van der Waals surface area contributed by atoms with E-state index in [1.54, 1.807) is 41.4 Å². The molecule has 0 fully saturated rings. The molecule has 0 unspecified atom stereocenters. The number of halogens is 1. The second-order valence-corrected chi connectivity index (χ2v) is 8.27. The average molecular weight is 456 g/mol. The van der Waals surface area contributed by atoms with Crippen LogP contribution in [-0.2, 0) is 6.54 Å². The topological polar surface area (TPSA) is 55.3 Å². The number of thiazole rings is 1. The zero-order chi connectivity index (χ0) is 22.6. The van der Waals surface area contributed by atoms with Crippen LogP contribution in [0.25, 0.3) is 10.2 Å². The Hall–Kier alpha value is -4.10. The van der Waals surface area contributed by atoms with Crippen molar-refractivity contribution in [1.82, 2.24) is 9.97 Å². The van der Waals surface area contributed by atoms with Gasteiger partial charge in [0.1, 0.15) is 17.3 Å². The van der Waals surface area contributed by atoms with Gasteiger partial charge in [0, 0.05) is 11.8 Å². The van der Waals surface area contributed by atoms with Gasteiger partial charge in [-0.25, -0.2) is 9.37 Å². The molecule has 2 heterocycles. The first-order chi connectivity index (χ1) is 16.2. The van der Waals surface area contributed by atoms with E-state index in [0.29, 0.717) is 26.7 Å². The van der Waals surface area contributed by atoms with Crippen LogP contribution in [0.3, 0.4) is 0 Å². The summed E-state index contributed by atoms with van der Waals surface area (Å²) in [4.78, 5) is 24.0. The molecule has 33 heavy (non-hydrogen) atoms. The number of carbonyl (C=O) groups is 1. The molecule has 0 aliphatic heterocycles. The van der Waals surface area contributed by atoms with Crippen LogP contribution < -0.4 is 9.64 Å². The molecule has 0 saturated carbocycles. The molecule has 5 rings (SSSR count). The van der Waals surface area contributed by atoms with Crippen molar-refractivity contribution in [1.29, 1.82) is 0 Å². The monoisotopic (exact) mass is 455 g/mol. The van der Waals surface area contributed by atoms with Crippen molar-refractivity contribution in [3.63, 3.8) is 0 Å². The highest BCUT2D eigenvalue weighted by atomic mass is 32.1. The van der Waals surface area contributed by atoms with Gasteiger partial charge in [-0.1, -0.05) is 35.6 Å². The van der Waals surface area contributed by atoms with Crippen LogP contribution in [0.2, 0.25) is 0 Å². The van der Waals surface area contributed by atoms with Crippen LogP contribution in [0.4, 0.5) is 9.52 Å². The second kappa shape index (κ2) is 9.18. The Morgan fingerprint density at radius 1 is 0.909 bits per heavy atom. The van der Waals surface area contributed by atoms with Crippen molar-refractivity contribution in [2.24, 2.45) is 0 Å². The molecule has 0 atom stereocenters. The van der Waals surface area contributed by atoms with Crippen molar-refractivity contribution in [2.45, 2.75) is 6.54 Å². The van der Waals surface area contributed by atoms with Crippen LogP contribution in [0, 0.1) is 5.82 Å². The predicted octanol–water partition coefficient (Wildman–Crippen LogP) is 6.47. The number of hydrogen-bond donors (Lipinski definition) is 0. The molecular formula is C26H18FN3O2S. The van der Waals surface area contributed by atoms with E-state index in [1.165, 1.54) is 23.5 Å². The largest absolute Gasteiger partial charge is 0.457 e. The third kappa shape index (κ3) is 4.73. The van der Waals surface area contributed by atoms with Gasteiger partial charge in [0.15, 0.2) is 5.13 Å². The van der Waals surface area contributed by atoms with E-state index >= 15 is 0 Å². The maximum absolute atomic E-state index is 13.7. The van der Waals surface area contributed by atoms with Crippen LogP contribution in [0.5, 0.6) is 11.5 Å². The normalized spacial score (nSPS) is 10.8. The minimum absolute atomic E-state index is 0.230. The lowest BCUT2D eigenvalue weighted by molar-refractivity contribution is 0.0985. The van der Waals surface area contributed by atoms with E-state index in [0.717, 1.165) is 11.4 Å². The lowest BCUT2D eigenvalue weighted by Gasteiger charge is -2.19. The van der Waals surface area contributed by atoms with Crippen molar-refractivity contribution < 1.29 is 13.9 Å². The summed E-state index contributed by atoms with van der Waals surface area (Å²) in [6, 6.07) is 26.3. The Kier molecular flexibility index (Phi) is 5.78. The molecule has 3 aromatic carbocycles. The van der Waals surface area contributed by atoms with Gasteiger partial charge < -0.3 is 4.74 Å². The van der Waals surface area contributed by atoms with Gasteiger partial charge in [-0.3, -0.25) is 14.7 Å². The zero-order valence-corrected chi connectivity index (χ0v) is 18.2. The molecule has 0 saturated heterocycles. The number of pyridine rings is 1. The highest BCUT2D eigenvalue weighted by molar-refractivity contribution is 7.22. The highest BCUT2D eigenvalue weighted by Crippen LogP contribution is 2.31. The summed E-state index contributed by atoms with van der Waals surface area (Å²) >= 11 is 1.27. The number of nitrogens with zero attached hydrogens (tertiary/aromatic N) is 3. The number of carbonyl (C=O) groups excluding carboxylic acids is 1. The lowest BCUT2D eigenvalue weighted by atomic mass is 10.2. The van der Waals surface area contributed by atoms with Crippen LogP contribution >= 0.6 is 11.3 Å². The molecule has 0 aliphatic carbocycles. The molecule has 1 amide bonds. The summed E-state index contributed by atoms with van der Waals surface area (Å²) in [5.74, 6) is 0.778. The van der Waals surface area contributed by atoms with Crippen LogP contribution in [-0.4, -0.2) is 15.9 Å². The summed E-state index contributed by atoms with van der Waals surface area (Å²) in [7, 11) is 0. The van der Waals surface area contributed by atoms with Crippen molar-refractivity contribution in [3.05, 3.63) is 114 Å². The third-order valence-corrected chi connectivity index (χ3v) is 5.98. The molecule has 5 aromatic rings. The second-order valence-electron chi connectivity index (χ2n) is 7.26. The van der Waals surface area contributed by atoms with Gasteiger partial charge in [0.25, 0.3) is 5.91 Å². The molecule has 2 aromatic heterocycles. The van der Waals surface area contributed by atoms with E-state index in [-0.39, 0.29) is 18.3 Å². The van der Waals surface area contributed by atoms with Crippen LogP contribution in [0.1, 0.15) is 16.1 Å². The Morgan fingerprint density at radius 3 is 2.42 bits per heavy atom. The van der Waals surface area contributed by atoms with E-state index in [2.05, 4.69) is 9.97 Å². The SMILES string of the molecule is O=C(c1ccc(Oc2ccccc2)cc1)N(Cc1ccccn1)c1nc2ccc(F)cc2s1. The lowest BCUT2D eigenvalue weighted by Crippen LogP contribution is -2.30. The van der Waals surface area contributed by atoms with Gasteiger partial charge in [-0.2, -0.15) is 0 Å². The molecule has 162 valence electrons. The number of aromatic nitrogens is 2. The van der Waals surface area contributed by atoms with E-state index in [4.69, 9.17) is 4.74 Å². The van der Waals surface area contributed by atoms with E-state index in [1.807, 2.05) is 48.5 Å². The summed E-state index contributed by atoms with van der Waals surface area (Å²) in [6.45, 7) is 0.240. The molecule has 0 bridgehead atoms. The summed E-state index contributed by atoms with van der Waals surface area (Å²) < 4.78 is 20.2. The molecule has 0 aliphatic rings. The maximum Gasteiger partial charge on any atom is 0.260 e. The zero-order valence-electron chi connectivity index (χ0n) is 17.4. The van der Waals surface area contributed by atoms with E-state index in [9.17, 15) is 9.18 Å². The minimum Gasteiger partial charge on any atom is -0.457 e. The Labute approximate surface area is 193 Å². The third-order valence-electron chi connectivity index (χ3n) is 4.94. The number of rotatable bonds is 6. The smallest absolute Gasteiger partial charge is 0.260 e. The van der Waals surface area contributed by atoms with Gasteiger partial charge in [-0.05, 0) is 66.7 Å². The van der Waals surface area contributed by atoms with Crippen LogP contribution in [0.15, 0.2) is 97.2 Å². The fourth-order valence-electron chi connectivity index (χ4n) is 3.33. The Morgan fingerprint density at radius 2 is 1.67 bits per heavy atom. The minimum atomic E-state index is -0.339. The number of amides is 1. The number of benzene rings is 3. The number of fused-ring (bicyclic) bond motifs is 1. The van der Waals surface area contributed by atoms with Crippen molar-refractivity contribution >= 4 is 32.6 Å². The molecule has 7 heteroatoms. The first-order valence-corrected chi connectivity index (χ1v) is 11.1. The predicted molar refractivity (Wildman–Crippen MR) is 127 cm³/mol. The first kappa shape index (κ1) is 20.8. The van der Waals surface area contributed by atoms with Crippen molar-refractivity contribution in [3.8, 4) is 11.5 Å². The maximum atomic E-state index is 13.7. The number of ether oxygens (including phenoxy) is 1. The number of hydrogen-bond acceptors (Lipinski definition) is 5. The molecule has 0 spiro atoms. The average Bonchev–Trinajstić information content (AvgIpc) is 3.27. The first-order valence-electron chi connectivity index (χ1n) is 10.3. The molecule has 0 N–H and O–H groups in total. The summed E-state index contributed by atoms with van der Waals surface area (Å²) in [6.07, 6.45) is 1.68. The fraction of sp³-hybridized carbons (Fsp3) is 0.0385. The molecular weight excluding hydrogens is 437 g/mol. The van der Waals surface area contributed by atoms with Gasteiger partial charge in [0.05, 0.1) is 22.5 Å². The van der Waals surface area contributed by atoms with Crippen molar-refractivity contribution in [2.75, 3.05) is 4.90 Å². The molecule has 0 radical (unpaired) electrons. The van der Waals surface area contributed by atoms with Gasteiger partial charge in [-0.15, -0.1) is 0 Å². The molecule has 5 nitrogen and oxygen atoms in total. The quantitative estimate of drug-likeness (QED) is 0.294. The standard InChI is InChI=1S/C26H18FN3O2S/c27-19-11-14-23-24(16-19)33-26(29-23)30(17-20-6-4-5-15-28-20)25(31)18-9-12-22(13-10-18)32-21-7-2-1-3-8-21/h1-16H,17H2. The fourth-order valence-corrected chi connectivity index (χ4v) is 4.32. The highest BCUT2D eigenvalue weighted by Gasteiger charge is 2.22. The van der Waals surface area contributed by atoms with E-state index < -0.39 is 0 Å². The number of para-hydroxylation sites is 1. The van der Waals surface area contributed by atoms with Gasteiger partial charge >= 0.3 is 0 Å². The Bertz CT molecular complexity index is 1390. The Balaban J connectivity index is 1.45. The van der Waals surface area contributed by atoms with Gasteiger partial charge in [0.2, 0.25) is 0 Å².